The number of rotatable bonds is 1. The van der Waals surface area contributed by atoms with E-state index in [1.54, 1.807) is 7.11 Å². The average Bonchev–Trinajstić information content (AvgIpc) is 1.65. The number of thiocarbonyl (C=S) groups is 1. The molecule has 4 heteroatoms. The van der Waals surface area contributed by atoms with E-state index in [-0.39, 0.29) is 0 Å². The van der Waals surface area contributed by atoms with E-state index in [2.05, 4.69) is 0 Å². The maximum Gasteiger partial charge on any atom is 0.235 e. The van der Waals surface area contributed by atoms with E-state index >= 15 is 0 Å². The van der Waals surface area contributed by atoms with Crippen molar-refractivity contribution >= 4 is 28.5 Å². The van der Waals surface area contributed by atoms with E-state index in [0.717, 1.165) is 0 Å². The lowest BCUT2D eigenvalue weighted by atomic mass is 11.3. The Bertz CT molecular complexity index is 84.1. The van der Waals surface area contributed by atoms with Gasteiger partial charge in [-0.1, -0.05) is 0 Å². The first-order valence-corrected chi connectivity index (χ1v) is 3.28. The molecule has 0 atom stereocenters. The van der Waals surface area contributed by atoms with Crippen molar-refractivity contribution in [1.29, 1.82) is 0 Å². The molecular weight excluding hydrogens is 142 g/mol. The topological polar surface area (TPSA) is 12.5 Å². The zero-order valence-electron chi connectivity index (χ0n) is 5.17. The molecule has 0 aromatic heterocycles. The lowest BCUT2D eigenvalue weighted by Gasteiger charge is -2.06. The van der Waals surface area contributed by atoms with Crippen molar-refractivity contribution in [2.75, 3.05) is 21.2 Å². The van der Waals surface area contributed by atoms with E-state index < -0.39 is 0 Å². The fourth-order valence-corrected chi connectivity index (χ4v) is 1.01. The van der Waals surface area contributed by atoms with E-state index in [1.807, 2.05) is 18.4 Å². The molecule has 0 radical (unpaired) electrons. The molecule has 0 saturated heterocycles. The zero-order chi connectivity index (χ0) is 6.57. The van der Waals surface area contributed by atoms with Gasteiger partial charge in [0, 0.05) is 11.9 Å². The van der Waals surface area contributed by atoms with Crippen LogP contribution >= 0.6 is 24.2 Å². The molecular formula is C4H9NOS2. The summed E-state index contributed by atoms with van der Waals surface area (Å²) in [7, 11) is 5.39. The van der Waals surface area contributed by atoms with Gasteiger partial charge in [0.05, 0.1) is 7.11 Å². The van der Waals surface area contributed by atoms with Gasteiger partial charge in [0.1, 0.15) is 0 Å². The molecule has 0 rings (SSSR count). The largest absolute Gasteiger partial charge is 0.481 e. The monoisotopic (exact) mass is 151 g/mol. The number of hydrogen-bond donors (Lipinski definition) is 0. The summed E-state index contributed by atoms with van der Waals surface area (Å²) in [5, 5.41) is 0. The Hall–Kier alpha value is 0.200. The SMILES string of the molecule is COC(=S)SN(C)C. The van der Waals surface area contributed by atoms with E-state index in [0.29, 0.717) is 4.38 Å². The highest BCUT2D eigenvalue weighted by atomic mass is 32.2. The molecule has 0 heterocycles. The molecule has 0 bridgehead atoms. The molecule has 0 fully saturated rings. The Morgan fingerprint density at radius 1 is 1.62 bits per heavy atom. The van der Waals surface area contributed by atoms with Crippen molar-refractivity contribution in [2.45, 2.75) is 0 Å². The summed E-state index contributed by atoms with van der Waals surface area (Å²) < 4.78 is 7.15. The first-order chi connectivity index (χ1) is 3.66. The van der Waals surface area contributed by atoms with Crippen molar-refractivity contribution < 1.29 is 4.74 Å². The third kappa shape index (κ3) is 4.36. The number of hydrogen-bond acceptors (Lipinski definition) is 4. The van der Waals surface area contributed by atoms with Gasteiger partial charge < -0.3 is 4.74 Å². The van der Waals surface area contributed by atoms with Crippen LogP contribution in [0.15, 0.2) is 0 Å². The second-order valence-electron chi connectivity index (χ2n) is 1.36. The van der Waals surface area contributed by atoms with Gasteiger partial charge in [-0.05, 0) is 26.3 Å². The van der Waals surface area contributed by atoms with Crippen LogP contribution in [0.2, 0.25) is 0 Å². The molecule has 0 saturated carbocycles. The highest BCUT2D eigenvalue weighted by Crippen LogP contribution is 2.05. The lowest BCUT2D eigenvalue weighted by molar-refractivity contribution is 0.425. The van der Waals surface area contributed by atoms with Crippen molar-refractivity contribution in [3.63, 3.8) is 0 Å². The molecule has 0 amide bonds. The predicted octanol–water partition coefficient (Wildman–Crippen LogP) is 1.13. The van der Waals surface area contributed by atoms with Crippen LogP contribution in [0.3, 0.4) is 0 Å². The minimum absolute atomic E-state index is 0.551. The van der Waals surface area contributed by atoms with Gasteiger partial charge in [-0.25, -0.2) is 4.31 Å². The molecule has 0 aromatic carbocycles. The molecule has 0 unspecified atom stereocenters. The van der Waals surface area contributed by atoms with Crippen LogP contribution < -0.4 is 0 Å². The summed E-state index contributed by atoms with van der Waals surface area (Å²) in [6.07, 6.45) is 0. The van der Waals surface area contributed by atoms with Gasteiger partial charge in [-0.2, -0.15) is 0 Å². The Labute approximate surface area is 59.3 Å². The third-order valence-electron chi connectivity index (χ3n) is 0.424. The summed E-state index contributed by atoms with van der Waals surface area (Å²) in [4.78, 5) is 0. The van der Waals surface area contributed by atoms with Crippen molar-refractivity contribution in [2.24, 2.45) is 0 Å². The highest BCUT2D eigenvalue weighted by molar-refractivity contribution is 8.21. The van der Waals surface area contributed by atoms with Gasteiger partial charge in [0.15, 0.2) is 0 Å². The lowest BCUT2D eigenvalue weighted by Crippen LogP contribution is -2.04. The standard InChI is InChI=1S/C4H9NOS2/c1-5(2)8-4(7)6-3/h1-3H3. The molecule has 48 valence electrons. The first kappa shape index (κ1) is 8.20. The first-order valence-electron chi connectivity index (χ1n) is 2.10. The molecule has 0 aliphatic heterocycles. The average molecular weight is 151 g/mol. The van der Waals surface area contributed by atoms with Gasteiger partial charge in [-0.3, -0.25) is 0 Å². The molecule has 2 nitrogen and oxygen atoms in total. The summed E-state index contributed by atoms with van der Waals surface area (Å²) in [5.74, 6) is 0. The predicted molar refractivity (Wildman–Crippen MR) is 40.9 cm³/mol. The second-order valence-corrected chi connectivity index (χ2v) is 3.27. The van der Waals surface area contributed by atoms with Gasteiger partial charge in [0.2, 0.25) is 4.38 Å². The molecule has 0 aliphatic rings. The van der Waals surface area contributed by atoms with Crippen LogP contribution in [-0.2, 0) is 4.74 Å². The fourth-order valence-electron chi connectivity index (χ4n) is 0.186. The molecule has 0 aliphatic carbocycles. The number of ether oxygens (including phenoxy) is 1. The maximum atomic E-state index is 4.73. The van der Waals surface area contributed by atoms with E-state index in [1.165, 1.54) is 11.9 Å². The van der Waals surface area contributed by atoms with Crippen molar-refractivity contribution in [3.05, 3.63) is 0 Å². The summed E-state index contributed by atoms with van der Waals surface area (Å²) in [6.45, 7) is 0. The minimum Gasteiger partial charge on any atom is -0.481 e. The third-order valence-corrected chi connectivity index (χ3v) is 1.49. The van der Waals surface area contributed by atoms with Crippen LogP contribution in [0, 0.1) is 0 Å². The highest BCUT2D eigenvalue weighted by Gasteiger charge is 1.95. The van der Waals surface area contributed by atoms with Crippen molar-refractivity contribution in [3.8, 4) is 0 Å². The van der Waals surface area contributed by atoms with E-state index in [9.17, 15) is 0 Å². The fraction of sp³-hybridized carbons (Fsp3) is 0.750. The van der Waals surface area contributed by atoms with Crippen molar-refractivity contribution in [1.82, 2.24) is 4.31 Å². The smallest absolute Gasteiger partial charge is 0.235 e. The molecule has 0 N–H and O–H groups in total. The van der Waals surface area contributed by atoms with Gasteiger partial charge in [0.25, 0.3) is 0 Å². The summed E-state index contributed by atoms with van der Waals surface area (Å²) in [5.41, 5.74) is 0. The summed E-state index contributed by atoms with van der Waals surface area (Å²) in [6, 6.07) is 0. The molecule has 0 spiro atoms. The molecule has 0 aromatic rings. The second kappa shape index (κ2) is 4.12. The van der Waals surface area contributed by atoms with Crippen LogP contribution in [0.4, 0.5) is 0 Å². The number of nitrogens with zero attached hydrogens (tertiary/aromatic N) is 1. The van der Waals surface area contributed by atoms with Crippen LogP contribution in [0.1, 0.15) is 0 Å². The van der Waals surface area contributed by atoms with Gasteiger partial charge >= 0.3 is 0 Å². The zero-order valence-corrected chi connectivity index (χ0v) is 6.80. The maximum absolute atomic E-state index is 4.73. The van der Waals surface area contributed by atoms with Crippen LogP contribution in [0.25, 0.3) is 0 Å². The minimum atomic E-state index is 0.551. The Kier molecular flexibility index (Phi) is 4.22. The number of methoxy groups -OCH3 is 1. The normalized spacial score (nSPS) is 9.50. The van der Waals surface area contributed by atoms with Crippen LogP contribution in [-0.4, -0.2) is 29.9 Å². The Morgan fingerprint density at radius 2 is 2.12 bits per heavy atom. The van der Waals surface area contributed by atoms with Crippen LogP contribution in [0.5, 0.6) is 0 Å². The molecule has 8 heavy (non-hydrogen) atoms. The van der Waals surface area contributed by atoms with Gasteiger partial charge in [-0.15, -0.1) is 0 Å². The Morgan fingerprint density at radius 3 is 2.25 bits per heavy atom. The quantitative estimate of drug-likeness (QED) is 0.411. The van der Waals surface area contributed by atoms with E-state index in [4.69, 9.17) is 17.0 Å². The summed E-state index contributed by atoms with van der Waals surface area (Å²) >= 11 is 6.13. The Balaban J connectivity index is 3.25.